The normalized spacial score (nSPS) is 11.0. The molecule has 6 heteroatoms. The van der Waals surface area contributed by atoms with E-state index in [1.54, 1.807) is 0 Å². The van der Waals surface area contributed by atoms with E-state index in [1.165, 1.54) is 24.3 Å². The quantitative estimate of drug-likeness (QED) is 0.675. The molecule has 0 radical (unpaired) electrons. The third-order valence-electron chi connectivity index (χ3n) is 3.76. The number of halogens is 2. The number of hydrogen-bond acceptors (Lipinski definition) is 3. The zero-order valence-corrected chi connectivity index (χ0v) is 12.8. The van der Waals surface area contributed by atoms with E-state index in [2.05, 4.69) is 11.3 Å². The maximum absolute atomic E-state index is 13.2. The molecule has 1 N–H and O–H groups in total. The molecule has 2 aromatic rings. The first-order valence-electron chi connectivity index (χ1n) is 6.87. The molecule has 2 rings (SSSR count). The highest BCUT2D eigenvalue weighted by molar-refractivity contribution is 6.03. The number of aliphatic carboxylic acids is 1. The van der Waals surface area contributed by atoms with Gasteiger partial charge in [-0.1, -0.05) is 30.8 Å². The largest absolute Gasteiger partial charge is 0.480 e. The number of esters is 1. The van der Waals surface area contributed by atoms with Gasteiger partial charge in [0.1, 0.15) is 17.0 Å². The summed E-state index contributed by atoms with van der Waals surface area (Å²) in [7, 11) is 1.09. The number of methoxy groups -OCH3 is 1. The molecule has 0 aliphatic heterocycles. The Hall–Kier alpha value is -3.02. The van der Waals surface area contributed by atoms with Crippen LogP contribution in [0.25, 0.3) is 0 Å². The molecule has 0 aromatic heterocycles. The Labute approximate surface area is 137 Å². The summed E-state index contributed by atoms with van der Waals surface area (Å²) in [6.45, 7) is 3.57. The van der Waals surface area contributed by atoms with E-state index in [-0.39, 0.29) is 16.7 Å². The standard InChI is InChI=1S/C18H14F2O4/c1-11(16(21)24-2)18(17(22)23,12-3-7-14(19)8-4-12)13-5-9-15(20)10-6-13/h3-10H,1H2,2H3,(H,22,23). The Morgan fingerprint density at radius 1 is 0.958 bits per heavy atom. The molecule has 4 nitrogen and oxygen atoms in total. The van der Waals surface area contributed by atoms with Crippen LogP contribution in [-0.2, 0) is 19.7 Å². The van der Waals surface area contributed by atoms with Crippen LogP contribution in [0.2, 0.25) is 0 Å². The first kappa shape index (κ1) is 17.3. The molecule has 0 unspecified atom stereocenters. The zero-order chi connectivity index (χ0) is 17.9. The molecule has 0 heterocycles. The summed E-state index contributed by atoms with van der Waals surface area (Å²) in [4.78, 5) is 24.2. The van der Waals surface area contributed by atoms with E-state index in [1.807, 2.05) is 0 Å². The smallest absolute Gasteiger partial charge is 0.335 e. The van der Waals surface area contributed by atoms with Crippen LogP contribution in [0, 0.1) is 11.6 Å². The molecule has 2 aromatic carbocycles. The lowest BCUT2D eigenvalue weighted by Crippen LogP contribution is -2.41. The predicted molar refractivity (Wildman–Crippen MR) is 82.4 cm³/mol. The zero-order valence-electron chi connectivity index (χ0n) is 12.8. The molecule has 0 spiro atoms. The fourth-order valence-corrected chi connectivity index (χ4v) is 2.57. The molecular formula is C18H14F2O4. The maximum atomic E-state index is 13.2. The molecule has 0 aliphatic rings. The highest BCUT2D eigenvalue weighted by Crippen LogP contribution is 2.39. The lowest BCUT2D eigenvalue weighted by atomic mass is 9.69. The van der Waals surface area contributed by atoms with Crippen LogP contribution >= 0.6 is 0 Å². The second-order valence-electron chi connectivity index (χ2n) is 5.04. The number of carbonyl (C=O) groups is 2. The van der Waals surface area contributed by atoms with Gasteiger partial charge in [-0.2, -0.15) is 0 Å². The monoisotopic (exact) mass is 332 g/mol. The minimum atomic E-state index is -2.03. The van der Waals surface area contributed by atoms with Crippen LogP contribution in [-0.4, -0.2) is 24.2 Å². The van der Waals surface area contributed by atoms with Gasteiger partial charge >= 0.3 is 11.9 Å². The molecule has 0 saturated carbocycles. The minimum absolute atomic E-state index is 0.0957. The summed E-state index contributed by atoms with van der Waals surface area (Å²) >= 11 is 0. The summed E-state index contributed by atoms with van der Waals surface area (Å²) in [5.41, 5.74) is -2.22. The number of carboxylic acids is 1. The van der Waals surface area contributed by atoms with Crippen molar-refractivity contribution in [2.75, 3.05) is 7.11 Å². The Balaban J connectivity index is 2.81. The topological polar surface area (TPSA) is 63.6 Å². The van der Waals surface area contributed by atoms with E-state index < -0.39 is 29.0 Å². The van der Waals surface area contributed by atoms with Gasteiger partial charge in [-0.05, 0) is 35.4 Å². The average molecular weight is 332 g/mol. The number of carboxylic acid groups (broad SMARTS) is 1. The SMILES string of the molecule is C=C(C(=O)OC)C(C(=O)O)(c1ccc(F)cc1)c1ccc(F)cc1. The molecule has 0 saturated heterocycles. The Bertz CT molecular complexity index is 734. The van der Waals surface area contributed by atoms with E-state index in [0.29, 0.717) is 0 Å². The summed E-state index contributed by atoms with van der Waals surface area (Å²) < 4.78 is 31.1. The van der Waals surface area contributed by atoms with Crippen LogP contribution < -0.4 is 0 Å². The van der Waals surface area contributed by atoms with Gasteiger partial charge in [-0.25, -0.2) is 13.6 Å². The van der Waals surface area contributed by atoms with Crippen LogP contribution in [0.3, 0.4) is 0 Å². The molecule has 0 bridgehead atoms. The molecule has 0 fully saturated rings. The van der Waals surface area contributed by atoms with Crippen LogP contribution in [0.4, 0.5) is 8.78 Å². The van der Waals surface area contributed by atoms with Crippen molar-refractivity contribution in [3.05, 3.63) is 83.4 Å². The fraction of sp³-hybridized carbons (Fsp3) is 0.111. The van der Waals surface area contributed by atoms with Gasteiger partial charge in [0.25, 0.3) is 0 Å². The molecule has 0 atom stereocenters. The Morgan fingerprint density at radius 2 is 1.33 bits per heavy atom. The number of hydrogen-bond donors (Lipinski definition) is 1. The summed E-state index contributed by atoms with van der Waals surface area (Å²) in [5, 5.41) is 9.93. The van der Waals surface area contributed by atoms with Gasteiger partial charge in [-0.3, -0.25) is 4.79 Å². The van der Waals surface area contributed by atoms with Crippen molar-refractivity contribution < 1.29 is 28.2 Å². The summed E-state index contributed by atoms with van der Waals surface area (Å²) in [5.74, 6) is -3.50. The third-order valence-corrected chi connectivity index (χ3v) is 3.76. The van der Waals surface area contributed by atoms with E-state index in [4.69, 9.17) is 0 Å². The van der Waals surface area contributed by atoms with Crippen LogP contribution in [0.1, 0.15) is 11.1 Å². The van der Waals surface area contributed by atoms with Gasteiger partial charge in [0, 0.05) is 0 Å². The van der Waals surface area contributed by atoms with Gasteiger partial charge in [-0.15, -0.1) is 0 Å². The number of rotatable bonds is 5. The van der Waals surface area contributed by atoms with Crippen molar-refractivity contribution in [2.45, 2.75) is 5.41 Å². The van der Waals surface area contributed by atoms with Gasteiger partial charge in [0.05, 0.1) is 12.7 Å². The van der Waals surface area contributed by atoms with Crippen molar-refractivity contribution in [1.29, 1.82) is 0 Å². The Morgan fingerprint density at radius 3 is 1.62 bits per heavy atom. The minimum Gasteiger partial charge on any atom is -0.480 e. The molecule has 0 amide bonds. The molecule has 124 valence electrons. The first-order chi connectivity index (χ1) is 11.3. The third kappa shape index (κ3) is 2.78. The lowest BCUT2D eigenvalue weighted by molar-refractivity contribution is -0.145. The van der Waals surface area contributed by atoms with Crippen LogP contribution in [0.5, 0.6) is 0 Å². The number of ether oxygens (including phenoxy) is 1. The maximum Gasteiger partial charge on any atom is 0.335 e. The molecular weight excluding hydrogens is 318 g/mol. The number of carbonyl (C=O) groups excluding carboxylic acids is 1. The van der Waals surface area contributed by atoms with Crippen LogP contribution in [0.15, 0.2) is 60.7 Å². The van der Waals surface area contributed by atoms with Crippen molar-refractivity contribution in [3.63, 3.8) is 0 Å². The average Bonchev–Trinajstić information content (AvgIpc) is 2.57. The van der Waals surface area contributed by atoms with E-state index in [9.17, 15) is 23.5 Å². The highest BCUT2D eigenvalue weighted by atomic mass is 19.1. The second kappa shape index (κ2) is 6.62. The van der Waals surface area contributed by atoms with Gasteiger partial charge in [0.15, 0.2) is 0 Å². The highest BCUT2D eigenvalue weighted by Gasteiger charge is 2.48. The second-order valence-corrected chi connectivity index (χ2v) is 5.04. The lowest BCUT2D eigenvalue weighted by Gasteiger charge is -2.31. The fourth-order valence-electron chi connectivity index (χ4n) is 2.57. The van der Waals surface area contributed by atoms with Crippen molar-refractivity contribution in [2.24, 2.45) is 0 Å². The first-order valence-corrected chi connectivity index (χ1v) is 6.87. The van der Waals surface area contributed by atoms with Gasteiger partial charge in [0.2, 0.25) is 0 Å². The van der Waals surface area contributed by atoms with Crippen molar-refractivity contribution >= 4 is 11.9 Å². The van der Waals surface area contributed by atoms with E-state index >= 15 is 0 Å². The number of benzene rings is 2. The summed E-state index contributed by atoms with van der Waals surface area (Å²) in [6.07, 6.45) is 0. The Kier molecular flexibility index (Phi) is 4.78. The van der Waals surface area contributed by atoms with Crippen molar-refractivity contribution in [3.8, 4) is 0 Å². The van der Waals surface area contributed by atoms with Gasteiger partial charge < -0.3 is 9.84 Å². The summed E-state index contributed by atoms with van der Waals surface area (Å²) in [6, 6.07) is 9.23. The molecule has 0 aliphatic carbocycles. The molecule has 24 heavy (non-hydrogen) atoms. The predicted octanol–water partition coefficient (Wildman–Crippen LogP) is 3.06. The van der Waals surface area contributed by atoms with Crippen molar-refractivity contribution in [1.82, 2.24) is 0 Å². The van der Waals surface area contributed by atoms with E-state index in [0.717, 1.165) is 31.4 Å².